The first kappa shape index (κ1) is 62.9. The predicted molar refractivity (Wildman–Crippen MR) is 262 cm³/mol. The lowest BCUT2D eigenvalue weighted by molar-refractivity contribution is -0.146. The van der Waals surface area contributed by atoms with Crippen LogP contribution in [0.15, 0.2) is 62.8 Å². The number of unbranched alkanes of at least 4 members (excludes halogenated alkanes) is 2. The van der Waals surface area contributed by atoms with Crippen LogP contribution in [0, 0.1) is 10.8 Å². The molecule has 0 heterocycles. The largest absolute Gasteiger partial charge is 0.462 e. The molecule has 2 N–H and O–H groups in total. The fourth-order valence-electron chi connectivity index (χ4n) is 6.39. The Morgan fingerprint density at radius 3 is 0.986 bits per heavy atom. The topological polar surface area (TPSA) is 269 Å². The van der Waals surface area contributed by atoms with Crippen LogP contribution in [0.4, 0.5) is 9.59 Å². The summed E-state index contributed by atoms with van der Waals surface area (Å²) in [5.74, 6) is -6.20. The van der Waals surface area contributed by atoms with Gasteiger partial charge in [-0.1, -0.05) is 93.5 Å². The summed E-state index contributed by atoms with van der Waals surface area (Å²) in [7, 11) is 0. The van der Waals surface area contributed by atoms with E-state index < -0.39 is 108 Å². The summed E-state index contributed by atoms with van der Waals surface area (Å²) in [6.45, 7) is 23.9. The number of Topliss-reactive ketones (excluding diaryl/α,β-unsaturated/α-hetero) is 2. The molecule has 0 bridgehead atoms. The summed E-state index contributed by atoms with van der Waals surface area (Å²) >= 11 is 0. The molecule has 20 nitrogen and oxygen atoms in total. The lowest BCUT2D eigenvalue weighted by Gasteiger charge is -2.29. The van der Waals surface area contributed by atoms with E-state index in [1.165, 1.54) is 19.9 Å². The summed E-state index contributed by atoms with van der Waals surface area (Å²) in [6, 6.07) is 2.34. The molecule has 398 valence electrons. The zero-order valence-electron chi connectivity index (χ0n) is 43.0. The van der Waals surface area contributed by atoms with Crippen LogP contribution in [0.2, 0.25) is 0 Å². The summed E-state index contributed by atoms with van der Waals surface area (Å²) in [4.78, 5) is 129. The Bertz CT molecular complexity index is 1960. The van der Waals surface area contributed by atoms with E-state index in [9.17, 15) is 47.9 Å². The standard InChI is InChI=1S/C52H72N2O18/c1-13-19-23-49(7,8)43(59)35-29-36(44(60)50(9,10)24-20-14-2)38(46(62)66-26-22-28-68-48(64)54-52(12,33-71-41(57)17-5)34-72-42(58)18-6)30-37(35)45(61)65-25-21-27-67-47(63)53-51(11,31-69-39(55)15-3)32-70-40(56)16-4/h15-18,29-30H,3-6,13-14,19-28,31-34H2,1-2,7-12H3,(H,53,63)(H,54,64). The number of esters is 6. The third-order valence-electron chi connectivity index (χ3n) is 10.7. The van der Waals surface area contributed by atoms with Crippen molar-refractivity contribution in [2.75, 3.05) is 52.9 Å². The van der Waals surface area contributed by atoms with Crippen molar-refractivity contribution in [3.8, 4) is 0 Å². The van der Waals surface area contributed by atoms with Gasteiger partial charge in [-0.05, 0) is 38.8 Å². The first-order valence-electron chi connectivity index (χ1n) is 23.5. The molecule has 2 amide bonds. The summed E-state index contributed by atoms with van der Waals surface area (Å²) in [5.41, 5.74) is -5.86. The van der Waals surface area contributed by atoms with Crippen molar-refractivity contribution in [3.63, 3.8) is 0 Å². The third-order valence-corrected chi connectivity index (χ3v) is 10.7. The van der Waals surface area contributed by atoms with Crippen molar-refractivity contribution in [2.24, 2.45) is 10.8 Å². The second kappa shape index (κ2) is 30.6. The van der Waals surface area contributed by atoms with E-state index in [0.717, 1.165) is 43.2 Å². The van der Waals surface area contributed by atoms with E-state index in [4.69, 9.17) is 37.9 Å². The van der Waals surface area contributed by atoms with Gasteiger partial charge in [-0.15, -0.1) is 0 Å². The van der Waals surface area contributed by atoms with E-state index in [0.29, 0.717) is 25.7 Å². The van der Waals surface area contributed by atoms with Gasteiger partial charge in [0.2, 0.25) is 0 Å². The van der Waals surface area contributed by atoms with Crippen molar-refractivity contribution in [2.45, 2.75) is 118 Å². The van der Waals surface area contributed by atoms with Crippen LogP contribution < -0.4 is 10.6 Å². The molecular weight excluding hydrogens is 941 g/mol. The van der Waals surface area contributed by atoms with Crippen LogP contribution in [0.1, 0.15) is 148 Å². The highest BCUT2D eigenvalue weighted by atomic mass is 16.6. The molecule has 0 fully saturated rings. The van der Waals surface area contributed by atoms with Crippen molar-refractivity contribution >= 4 is 59.6 Å². The lowest BCUT2D eigenvalue weighted by atomic mass is 9.75. The molecule has 0 unspecified atom stereocenters. The highest BCUT2D eigenvalue weighted by Crippen LogP contribution is 2.35. The number of alkyl carbamates (subject to hydrolysis) is 2. The van der Waals surface area contributed by atoms with Gasteiger partial charge in [-0.25, -0.2) is 38.4 Å². The van der Waals surface area contributed by atoms with Gasteiger partial charge in [0.15, 0.2) is 11.6 Å². The first-order chi connectivity index (χ1) is 33.8. The number of benzene rings is 1. The number of carbonyl (C=O) groups excluding carboxylic acids is 10. The molecule has 0 saturated carbocycles. The normalized spacial score (nSPS) is 11.3. The molecule has 0 aliphatic rings. The van der Waals surface area contributed by atoms with Crippen molar-refractivity contribution in [3.05, 3.63) is 85.0 Å². The monoisotopic (exact) mass is 1010 g/mol. The minimum Gasteiger partial charge on any atom is -0.462 e. The summed E-state index contributed by atoms with van der Waals surface area (Å²) in [6.07, 6.45) is 5.29. The molecular formula is C52H72N2O18. The molecule has 0 atom stereocenters. The van der Waals surface area contributed by atoms with E-state index >= 15 is 0 Å². The second-order valence-electron chi connectivity index (χ2n) is 18.4. The Hall–Kier alpha value is -7.12. The number of hydrogen-bond acceptors (Lipinski definition) is 18. The van der Waals surface area contributed by atoms with Gasteiger partial charge in [0.05, 0.1) is 37.6 Å². The van der Waals surface area contributed by atoms with Crippen molar-refractivity contribution in [1.82, 2.24) is 10.6 Å². The molecule has 0 aromatic heterocycles. The van der Waals surface area contributed by atoms with Crippen molar-refractivity contribution in [1.29, 1.82) is 0 Å². The van der Waals surface area contributed by atoms with Gasteiger partial charge >= 0.3 is 48.0 Å². The summed E-state index contributed by atoms with van der Waals surface area (Å²) < 4.78 is 41.7. The third kappa shape index (κ3) is 21.9. The minimum atomic E-state index is -1.43. The van der Waals surface area contributed by atoms with Gasteiger partial charge in [0, 0.05) is 59.1 Å². The van der Waals surface area contributed by atoms with E-state index in [-0.39, 0.29) is 61.5 Å². The fraction of sp³-hybridized carbons (Fsp3) is 0.538. The number of amides is 2. The molecule has 0 spiro atoms. The molecule has 1 aromatic carbocycles. The second-order valence-corrected chi connectivity index (χ2v) is 18.4. The predicted octanol–water partition coefficient (Wildman–Crippen LogP) is 7.47. The molecule has 1 aromatic rings. The molecule has 0 saturated heterocycles. The number of hydrogen-bond donors (Lipinski definition) is 2. The van der Waals surface area contributed by atoms with Gasteiger partial charge in [0.25, 0.3) is 0 Å². The maximum Gasteiger partial charge on any atom is 0.407 e. The Labute approximate surface area is 421 Å². The highest BCUT2D eigenvalue weighted by Gasteiger charge is 2.38. The zero-order valence-corrected chi connectivity index (χ0v) is 43.0. The molecule has 1 rings (SSSR count). The van der Waals surface area contributed by atoms with Crippen LogP contribution in [-0.2, 0) is 57.1 Å². The van der Waals surface area contributed by atoms with E-state index in [1.54, 1.807) is 27.7 Å². The first-order valence-corrected chi connectivity index (χ1v) is 23.5. The maximum absolute atomic E-state index is 14.4. The van der Waals surface area contributed by atoms with Crippen LogP contribution in [0.5, 0.6) is 0 Å². The number of ether oxygens (including phenoxy) is 8. The van der Waals surface area contributed by atoms with Gasteiger partial charge in [-0.3, -0.25) is 9.59 Å². The molecule has 0 aliphatic carbocycles. The zero-order chi connectivity index (χ0) is 54.7. The van der Waals surface area contributed by atoms with E-state index in [2.05, 4.69) is 36.9 Å². The highest BCUT2D eigenvalue weighted by molar-refractivity contribution is 6.15. The Kier molecular flexibility index (Phi) is 26.7. The number of nitrogens with one attached hydrogen (secondary N) is 2. The molecule has 0 radical (unpaired) electrons. The Morgan fingerprint density at radius 2 is 0.708 bits per heavy atom. The maximum atomic E-state index is 14.4. The van der Waals surface area contributed by atoms with Crippen LogP contribution in [0.3, 0.4) is 0 Å². The smallest absolute Gasteiger partial charge is 0.407 e. The molecule has 72 heavy (non-hydrogen) atoms. The van der Waals surface area contributed by atoms with Crippen LogP contribution in [0.25, 0.3) is 0 Å². The van der Waals surface area contributed by atoms with Gasteiger partial charge in [0.1, 0.15) is 37.5 Å². The van der Waals surface area contributed by atoms with Crippen LogP contribution >= 0.6 is 0 Å². The van der Waals surface area contributed by atoms with Crippen LogP contribution in [-0.4, -0.2) is 124 Å². The van der Waals surface area contributed by atoms with E-state index in [1.807, 2.05) is 13.8 Å². The quantitative estimate of drug-likeness (QED) is 0.0223. The Morgan fingerprint density at radius 1 is 0.431 bits per heavy atom. The average Bonchev–Trinajstić information content (AvgIpc) is 3.35. The number of ketones is 2. The average molecular weight is 1010 g/mol. The lowest BCUT2D eigenvalue weighted by Crippen LogP contribution is -2.53. The molecule has 0 aliphatic heterocycles. The fourth-order valence-corrected chi connectivity index (χ4v) is 6.39. The SMILES string of the molecule is C=CC(=O)OCC(C)(COC(=O)C=C)NC(=O)OCCCOC(=O)c1cc(C(=O)OCCCOC(=O)NC(C)(COC(=O)C=C)COC(=O)C=C)c(C(=O)C(C)(C)CCCC)cc1C(=O)C(C)(C)CCCC. The van der Waals surface area contributed by atoms with Gasteiger partial charge < -0.3 is 48.5 Å². The minimum absolute atomic E-state index is 0.0556. The molecule has 20 heteroatoms. The van der Waals surface area contributed by atoms with Gasteiger partial charge in [-0.2, -0.15) is 0 Å². The van der Waals surface area contributed by atoms with Crippen molar-refractivity contribution < 1.29 is 85.8 Å². The Balaban J connectivity index is 3.46. The number of rotatable bonds is 34. The summed E-state index contributed by atoms with van der Waals surface area (Å²) in [5, 5.41) is 4.95. The number of carbonyl (C=O) groups is 10.